The Morgan fingerprint density at radius 3 is 2.25 bits per heavy atom. The molecule has 0 saturated carbocycles. The number of unbranched alkanes of at least 4 members (excludes halogenated alkanes) is 1. The van der Waals surface area contributed by atoms with Gasteiger partial charge < -0.3 is 15.0 Å². The number of anilines is 1. The van der Waals surface area contributed by atoms with Crippen LogP contribution in [0.2, 0.25) is 0 Å². The normalized spacial score (nSPS) is 12.0. The fourth-order valence-corrected chi connectivity index (χ4v) is 3.12. The summed E-state index contributed by atoms with van der Waals surface area (Å²) < 4.78 is 5.36. The predicted molar refractivity (Wildman–Crippen MR) is 124 cm³/mol. The predicted octanol–water partition coefficient (Wildman–Crippen LogP) is 4.86. The molecule has 0 bridgehead atoms. The second-order valence-corrected chi connectivity index (χ2v) is 8.51. The lowest BCUT2D eigenvalue weighted by Gasteiger charge is -2.29. The van der Waals surface area contributed by atoms with E-state index in [1.165, 1.54) is 12.1 Å². The number of nitrogens with zero attached hydrogens (tertiary/aromatic N) is 2. The number of ether oxygens (including phenoxy) is 1. The molecular formula is C24H31N3O5. The fourth-order valence-electron chi connectivity index (χ4n) is 3.12. The number of rotatable bonds is 9. The molecule has 0 aromatic heterocycles. The van der Waals surface area contributed by atoms with Gasteiger partial charge in [-0.2, -0.15) is 0 Å². The lowest BCUT2D eigenvalue weighted by atomic mass is 10.0. The van der Waals surface area contributed by atoms with Crippen LogP contribution in [0, 0.1) is 10.1 Å². The molecule has 2 rings (SSSR count). The summed E-state index contributed by atoms with van der Waals surface area (Å²) in [5.74, 6) is -0.270. The summed E-state index contributed by atoms with van der Waals surface area (Å²) in [5, 5.41) is 13.6. The van der Waals surface area contributed by atoms with Gasteiger partial charge in [0.2, 0.25) is 5.91 Å². The Bertz CT molecular complexity index is 907. The van der Waals surface area contributed by atoms with E-state index in [1.54, 1.807) is 37.8 Å². The van der Waals surface area contributed by atoms with Gasteiger partial charge in [0.15, 0.2) is 0 Å². The number of nitrogens with one attached hydrogen (secondary N) is 1. The van der Waals surface area contributed by atoms with E-state index in [1.807, 2.05) is 37.3 Å². The molecule has 0 saturated heterocycles. The quantitative estimate of drug-likeness (QED) is 0.442. The maximum atomic E-state index is 13.6. The number of carbonyl (C=O) groups excluding carboxylic acids is 2. The Hall–Kier alpha value is -3.42. The summed E-state index contributed by atoms with van der Waals surface area (Å²) in [4.78, 5) is 38.2. The van der Waals surface area contributed by atoms with Gasteiger partial charge in [-0.1, -0.05) is 43.7 Å². The average Bonchev–Trinajstić information content (AvgIpc) is 2.73. The Kier molecular flexibility index (Phi) is 8.75. The lowest BCUT2D eigenvalue weighted by Crippen LogP contribution is -2.51. The van der Waals surface area contributed by atoms with Crippen LogP contribution >= 0.6 is 0 Å². The lowest BCUT2D eigenvalue weighted by molar-refractivity contribution is -0.384. The second kappa shape index (κ2) is 11.3. The van der Waals surface area contributed by atoms with Crippen LogP contribution < -0.4 is 10.2 Å². The standard InChI is InChI=1S/C24H31N3O5/c1-5-6-16-26(19-10-8-7-9-11-19)22(28)21(25-23(29)32-24(2,3)4)17-18-12-14-20(15-13-18)27(30)31/h7-15,21H,5-6,16-17H2,1-4H3,(H,25,29). The van der Waals surface area contributed by atoms with Crippen LogP contribution in [0.4, 0.5) is 16.2 Å². The molecule has 1 atom stereocenters. The molecule has 0 spiro atoms. The topological polar surface area (TPSA) is 102 Å². The van der Waals surface area contributed by atoms with Crippen molar-refractivity contribution in [3.63, 3.8) is 0 Å². The largest absolute Gasteiger partial charge is 0.444 e. The number of para-hydroxylation sites is 1. The maximum Gasteiger partial charge on any atom is 0.408 e. The molecule has 2 aromatic carbocycles. The molecule has 32 heavy (non-hydrogen) atoms. The number of hydrogen-bond donors (Lipinski definition) is 1. The zero-order valence-corrected chi connectivity index (χ0v) is 19.0. The van der Waals surface area contributed by atoms with Crippen molar-refractivity contribution < 1.29 is 19.2 Å². The van der Waals surface area contributed by atoms with Crippen molar-refractivity contribution in [3.8, 4) is 0 Å². The van der Waals surface area contributed by atoms with E-state index in [9.17, 15) is 19.7 Å². The molecule has 0 heterocycles. The molecule has 1 N–H and O–H groups in total. The maximum absolute atomic E-state index is 13.6. The summed E-state index contributed by atoms with van der Waals surface area (Å²) in [6, 6.07) is 14.3. The number of hydrogen-bond acceptors (Lipinski definition) is 5. The molecule has 8 heteroatoms. The summed E-state index contributed by atoms with van der Waals surface area (Å²) in [7, 11) is 0. The minimum atomic E-state index is -0.900. The van der Waals surface area contributed by atoms with E-state index in [4.69, 9.17) is 4.74 Å². The first-order valence-electron chi connectivity index (χ1n) is 10.7. The van der Waals surface area contributed by atoms with Crippen LogP contribution in [-0.4, -0.2) is 35.1 Å². The highest BCUT2D eigenvalue weighted by molar-refractivity contribution is 5.98. The molecule has 8 nitrogen and oxygen atoms in total. The van der Waals surface area contributed by atoms with Crippen LogP contribution in [0.5, 0.6) is 0 Å². The summed E-state index contributed by atoms with van der Waals surface area (Å²) >= 11 is 0. The van der Waals surface area contributed by atoms with Gasteiger partial charge in [-0.15, -0.1) is 0 Å². The first-order chi connectivity index (χ1) is 15.1. The molecule has 1 unspecified atom stereocenters. The van der Waals surface area contributed by atoms with E-state index in [-0.39, 0.29) is 18.0 Å². The van der Waals surface area contributed by atoms with Crippen molar-refractivity contribution >= 4 is 23.4 Å². The molecule has 2 aromatic rings. The van der Waals surface area contributed by atoms with Gasteiger partial charge in [0.05, 0.1) is 4.92 Å². The van der Waals surface area contributed by atoms with Gasteiger partial charge in [-0.25, -0.2) is 4.79 Å². The minimum Gasteiger partial charge on any atom is -0.444 e. The van der Waals surface area contributed by atoms with Crippen molar-refractivity contribution in [1.82, 2.24) is 5.32 Å². The molecule has 0 aliphatic carbocycles. The Balaban J connectivity index is 2.32. The number of nitro benzene ring substituents is 1. The van der Waals surface area contributed by atoms with Crippen molar-refractivity contribution in [3.05, 3.63) is 70.3 Å². The van der Waals surface area contributed by atoms with Gasteiger partial charge in [0, 0.05) is 30.8 Å². The molecule has 0 radical (unpaired) electrons. The SMILES string of the molecule is CCCCN(C(=O)C(Cc1ccc([N+](=O)[O-])cc1)NC(=O)OC(C)(C)C)c1ccccc1. The Morgan fingerprint density at radius 2 is 1.72 bits per heavy atom. The zero-order chi connectivity index (χ0) is 23.7. The molecule has 0 fully saturated rings. The molecule has 172 valence electrons. The van der Waals surface area contributed by atoms with Crippen LogP contribution in [0.3, 0.4) is 0 Å². The fraction of sp³-hybridized carbons (Fsp3) is 0.417. The van der Waals surface area contributed by atoms with E-state index in [2.05, 4.69) is 5.32 Å². The number of alkyl carbamates (subject to hydrolysis) is 1. The first-order valence-corrected chi connectivity index (χ1v) is 10.7. The monoisotopic (exact) mass is 441 g/mol. The summed E-state index contributed by atoms with van der Waals surface area (Å²) in [6.07, 6.45) is 1.19. The highest BCUT2D eigenvalue weighted by Gasteiger charge is 2.29. The first kappa shape index (κ1) is 24.8. The zero-order valence-electron chi connectivity index (χ0n) is 19.0. The highest BCUT2D eigenvalue weighted by Crippen LogP contribution is 2.19. The van der Waals surface area contributed by atoms with Gasteiger partial charge in [0.25, 0.3) is 5.69 Å². The van der Waals surface area contributed by atoms with Crippen LogP contribution in [0.25, 0.3) is 0 Å². The van der Waals surface area contributed by atoms with Crippen molar-refractivity contribution in [1.29, 1.82) is 0 Å². The van der Waals surface area contributed by atoms with E-state index in [0.29, 0.717) is 12.1 Å². The van der Waals surface area contributed by atoms with Gasteiger partial charge in [-0.05, 0) is 44.9 Å². The molecular weight excluding hydrogens is 410 g/mol. The smallest absolute Gasteiger partial charge is 0.408 e. The van der Waals surface area contributed by atoms with Crippen molar-refractivity contribution in [2.45, 2.75) is 58.6 Å². The van der Waals surface area contributed by atoms with E-state index >= 15 is 0 Å². The Labute approximate surface area is 188 Å². The number of non-ortho nitro benzene ring substituents is 1. The molecule has 2 amide bonds. The molecule has 0 aliphatic rings. The number of benzene rings is 2. The minimum absolute atomic E-state index is 0.0365. The van der Waals surface area contributed by atoms with E-state index < -0.39 is 22.7 Å². The highest BCUT2D eigenvalue weighted by atomic mass is 16.6. The van der Waals surface area contributed by atoms with Crippen LogP contribution in [0.15, 0.2) is 54.6 Å². The van der Waals surface area contributed by atoms with Gasteiger partial charge >= 0.3 is 6.09 Å². The third kappa shape index (κ3) is 7.68. The number of amides is 2. The average molecular weight is 442 g/mol. The van der Waals surface area contributed by atoms with Crippen LogP contribution in [0.1, 0.15) is 46.1 Å². The van der Waals surface area contributed by atoms with E-state index in [0.717, 1.165) is 18.5 Å². The van der Waals surface area contributed by atoms with Crippen molar-refractivity contribution in [2.24, 2.45) is 0 Å². The van der Waals surface area contributed by atoms with Crippen LogP contribution in [-0.2, 0) is 16.0 Å². The molecule has 0 aliphatic heterocycles. The summed E-state index contributed by atoms with van der Waals surface area (Å²) in [6.45, 7) is 7.79. The Morgan fingerprint density at radius 1 is 1.09 bits per heavy atom. The number of nitro groups is 1. The third-order valence-corrected chi connectivity index (χ3v) is 4.65. The van der Waals surface area contributed by atoms with Gasteiger partial charge in [0.1, 0.15) is 11.6 Å². The number of carbonyl (C=O) groups is 2. The second-order valence-electron chi connectivity index (χ2n) is 8.51. The summed E-state index contributed by atoms with van der Waals surface area (Å²) in [5.41, 5.74) is 0.677. The van der Waals surface area contributed by atoms with Gasteiger partial charge in [-0.3, -0.25) is 14.9 Å². The third-order valence-electron chi connectivity index (χ3n) is 4.65. The van der Waals surface area contributed by atoms with Crippen molar-refractivity contribution in [2.75, 3.05) is 11.4 Å².